The maximum atomic E-state index is 11.6. The quantitative estimate of drug-likeness (QED) is 0.211. The van der Waals surface area contributed by atoms with Gasteiger partial charge in [-0.1, -0.05) is 0 Å². The number of aryl methyl sites for hydroxylation is 1. The Hall–Kier alpha value is -1.36. The number of amides is 1. The van der Waals surface area contributed by atoms with Gasteiger partial charge in [-0.3, -0.25) is 14.5 Å². The van der Waals surface area contributed by atoms with E-state index in [1.165, 1.54) is 0 Å². The fourth-order valence-corrected chi connectivity index (χ4v) is 2.56. The molecule has 26 heavy (non-hydrogen) atoms. The second-order valence-electron chi connectivity index (χ2n) is 6.64. The Morgan fingerprint density at radius 2 is 2.04 bits per heavy atom. The van der Waals surface area contributed by atoms with Crippen LogP contribution < -0.4 is 16.0 Å². The van der Waals surface area contributed by atoms with Crippen LogP contribution in [0.25, 0.3) is 0 Å². The SMILES string of the molecule is CCNC(=NCC(c1cnn(C)c1)N(C)C)NCCNC(=O)C1CC1.I. The smallest absolute Gasteiger partial charge is 0.223 e. The first-order chi connectivity index (χ1) is 12.0. The first-order valence-corrected chi connectivity index (χ1v) is 8.96. The number of carbonyl (C=O) groups excluding carboxylic acids is 1. The Bertz CT molecular complexity index is 583. The van der Waals surface area contributed by atoms with Gasteiger partial charge in [0, 0.05) is 44.4 Å². The Morgan fingerprint density at radius 3 is 2.58 bits per heavy atom. The Morgan fingerprint density at radius 1 is 1.35 bits per heavy atom. The van der Waals surface area contributed by atoms with Crippen molar-refractivity contribution >= 4 is 35.8 Å². The Balaban J connectivity index is 0.00000338. The molecule has 9 heteroatoms. The van der Waals surface area contributed by atoms with Gasteiger partial charge in [0.15, 0.2) is 5.96 Å². The number of aromatic nitrogens is 2. The van der Waals surface area contributed by atoms with Crippen molar-refractivity contribution in [1.29, 1.82) is 0 Å². The van der Waals surface area contributed by atoms with Crippen molar-refractivity contribution in [1.82, 2.24) is 30.6 Å². The fourth-order valence-electron chi connectivity index (χ4n) is 2.56. The van der Waals surface area contributed by atoms with Gasteiger partial charge in [-0.25, -0.2) is 0 Å². The van der Waals surface area contributed by atoms with Crippen molar-refractivity contribution in [2.24, 2.45) is 18.0 Å². The number of likely N-dealkylation sites (N-methyl/N-ethyl adjacent to an activating group) is 1. The summed E-state index contributed by atoms with van der Waals surface area (Å²) in [5, 5.41) is 13.7. The van der Waals surface area contributed by atoms with Gasteiger partial charge in [-0.05, 0) is 33.9 Å². The summed E-state index contributed by atoms with van der Waals surface area (Å²) in [5.41, 5.74) is 1.14. The molecule has 1 aliphatic carbocycles. The van der Waals surface area contributed by atoms with Crippen LogP contribution in [0.1, 0.15) is 31.4 Å². The van der Waals surface area contributed by atoms with Crippen molar-refractivity contribution < 1.29 is 4.79 Å². The summed E-state index contributed by atoms with van der Waals surface area (Å²) in [6.07, 6.45) is 5.97. The van der Waals surface area contributed by atoms with Gasteiger partial charge in [0.2, 0.25) is 5.91 Å². The van der Waals surface area contributed by atoms with E-state index in [1.807, 2.05) is 45.1 Å². The zero-order valence-electron chi connectivity index (χ0n) is 16.2. The van der Waals surface area contributed by atoms with E-state index in [0.29, 0.717) is 19.6 Å². The topological polar surface area (TPSA) is 86.6 Å². The summed E-state index contributed by atoms with van der Waals surface area (Å²) in [6.45, 7) is 4.72. The molecule has 1 amide bonds. The molecule has 2 rings (SSSR count). The highest BCUT2D eigenvalue weighted by Gasteiger charge is 2.28. The molecular formula is C17H32IN7O. The number of nitrogens with zero attached hydrogens (tertiary/aromatic N) is 4. The van der Waals surface area contributed by atoms with Gasteiger partial charge < -0.3 is 20.9 Å². The summed E-state index contributed by atoms with van der Waals surface area (Å²) in [5.74, 6) is 1.19. The minimum atomic E-state index is 0. The van der Waals surface area contributed by atoms with Crippen molar-refractivity contribution in [3.63, 3.8) is 0 Å². The molecule has 148 valence electrons. The third-order valence-electron chi connectivity index (χ3n) is 4.16. The lowest BCUT2D eigenvalue weighted by Crippen LogP contribution is -2.42. The highest BCUT2D eigenvalue weighted by molar-refractivity contribution is 14.0. The molecule has 3 N–H and O–H groups in total. The molecule has 1 unspecified atom stereocenters. The molecule has 0 aromatic carbocycles. The first kappa shape index (κ1) is 22.7. The molecule has 1 heterocycles. The lowest BCUT2D eigenvalue weighted by atomic mass is 10.1. The maximum Gasteiger partial charge on any atom is 0.223 e. The van der Waals surface area contributed by atoms with Crippen molar-refractivity contribution in [3.8, 4) is 0 Å². The number of guanidine groups is 1. The van der Waals surface area contributed by atoms with Crippen LogP contribution in [0.3, 0.4) is 0 Å². The number of nitrogens with one attached hydrogen (secondary N) is 3. The minimum absolute atomic E-state index is 0. The van der Waals surface area contributed by atoms with Crippen LogP contribution in [0, 0.1) is 5.92 Å². The van der Waals surface area contributed by atoms with Crippen molar-refractivity contribution in [2.45, 2.75) is 25.8 Å². The molecule has 0 spiro atoms. The third-order valence-corrected chi connectivity index (χ3v) is 4.16. The summed E-state index contributed by atoms with van der Waals surface area (Å²) in [7, 11) is 6.00. The lowest BCUT2D eigenvalue weighted by molar-refractivity contribution is -0.122. The van der Waals surface area contributed by atoms with Gasteiger partial charge >= 0.3 is 0 Å². The van der Waals surface area contributed by atoms with Crippen LogP contribution in [-0.2, 0) is 11.8 Å². The predicted molar refractivity (Wildman–Crippen MR) is 115 cm³/mol. The molecule has 0 bridgehead atoms. The Labute approximate surface area is 173 Å². The van der Waals surface area contributed by atoms with Crippen molar-refractivity contribution in [3.05, 3.63) is 18.0 Å². The van der Waals surface area contributed by atoms with Gasteiger partial charge in [0.1, 0.15) is 0 Å². The van der Waals surface area contributed by atoms with Crippen molar-refractivity contribution in [2.75, 3.05) is 40.3 Å². The van der Waals surface area contributed by atoms with E-state index in [0.717, 1.165) is 30.9 Å². The maximum absolute atomic E-state index is 11.6. The number of carbonyl (C=O) groups is 1. The van der Waals surface area contributed by atoms with Gasteiger partial charge in [-0.15, -0.1) is 24.0 Å². The summed E-state index contributed by atoms with van der Waals surface area (Å²) in [4.78, 5) is 18.5. The van der Waals surface area contributed by atoms with Crippen LogP contribution in [0.4, 0.5) is 0 Å². The van der Waals surface area contributed by atoms with E-state index in [1.54, 1.807) is 0 Å². The fraction of sp³-hybridized carbons (Fsp3) is 0.706. The first-order valence-electron chi connectivity index (χ1n) is 8.96. The number of hydrogen-bond donors (Lipinski definition) is 3. The van der Waals surface area contributed by atoms with E-state index in [9.17, 15) is 4.79 Å². The number of hydrogen-bond acceptors (Lipinski definition) is 4. The van der Waals surface area contributed by atoms with E-state index in [2.05, 4.69) is 30.9 Å². The van der Waals surface area contributed by atoms with Gasteiger partial charge in [0.05, 0.1) is 18.8 Å². The second-order valence-corrected chi connectivity index (χ2v) is 6.64. The Kier molecular flexibility index (Phi) is 9.92. The van der Waals surface area contributed by atoms with E-state index >= 15 is 0 Å². The lowest BCUT2D eigenvalue weighted by Gasteiger charge is -2.22. The molecule has 0 aliphatic heterocycles. The standard InChI is InChI=1S/C17H31N7O.HI/c1-5-18-17(20-9-8-19-16(25)13-6-7-13)21-11-15(23(2)3)14-10-22-24(4)12-14;/h10,12-13,15H,5-9,11H2,1-4H3,(H,19,25)(H2,18,20,21);1H. The molecule has 8 nitrogen and oxygen atoms in total. The normalized spacial score (nSPS) is 15.3. The zero-order valence-corrected chi connectivity index (χ0v) is 18.5. The average Bonchev–Trinajstić information content (AvgIpc) is 3.33. The summed E-state index contributed by atoms with van der Waals surface area (Å²) >= 11 is 0. The molecular weight excluding hydrogens is 445 g/mol. The largest absolute Gasteiger partial charge is 0.357 e. The predicted octanol–water partition coefficient (Wildman–Crippen LogP) is 0.722. The molecule has 0 saturated heterocycles. The van der Waals surface area contributed by atoms with Crippen LogP contribution in [0.2, 0.25) is 0 Å². The van der Waals surface area contributed by atoms with Crippen LogP contribution in [-0.4, -0.2) is 66.8 Å². The summed E-state index contributed by atoms with van der Waals surface area (Å²) < 4.78 is 1.81. The minimum Gasteiger partial charge on any atom is -0.357 e. The molecule has 1 atom stereocenters. The zero-order chi connectivity index (χ0) is 18.2. The van der Waals surface area contributed by atoms with E-state index in [4.69, 9.17) is 0 Å². The molecule has 1 aliphatic rings. The number of rotatable bonds is 9. The third kappa shape index (κ3) is 7.48. The number of halogens is 1. The molecule has 1 aromatic heterocycles. The van der Waals surface area contributed by atoms with Crippen LogP contribution >= 0.6 is 24.0 Å². The average molecular weight is 477 g/mol. The molecule has 1 fully saturated rings. The van der Waals surface area contributed by atoms with Gasteiger partial charge in [0.25, 0.3) is 0 Å². The van der Waals surface area contributed by atoms with Crippen LogP contribution in [0.15, 0.2) is 17.4 Å². The van der Waals surface area contributed by atoms with Gasteiger partial charge in [-0.2, -0.15) is 5.10 Å². The van der Waals surface area contributed by atoms with Crippen LogP contribution in [0.5, 0.6) is 0 Å². The van der Waals surface area contributed by atoms with E-state index in [-0.39, 0.29) is 41.8 Å². The molecule has 1 saturated carbocycles. The molecule has 1 aromatic rings. The van der Waals surface area contributed by atoms with E-state index < -0.39 is 0 Å². The highest BCUT2D eigenvalue weighted by atomic mass is 127. The highest BCUT2D eigenvalue weighted by Crippen LogP contribution is 2.28. The number of aliphatic imine (C=N–C) groups is 1. The second kappa shape index (κ2) is 11.4. The molecule has 0 radical (unpaired) electrons. The monoisotopic (exact) mass is 477 g/mol. The summed E-state index contributed by atoms with van der Waals surface area (Å²) in [6, 6.07) is 0.165.